The van der Waals surface area contributed by atoms with Crippen molar-refractivity contribution in [3.8, 4) is 12.3 Å². The van der Waals surface area contributed by atoms with Crippen molar-refractivity contribution in [3.63, 3.8) is 0 Å². The summed E-state index contributed by atoms with van der Waals surface area (Å²) in [5.74, 6) is 2.49. The molecule has 0 radical (unpaired) electrons. The molecule has 1 saturated heterocycles. The van der Waals surface area contributed by atoms with Gasteiger partial charge in [0.25, 0.3) is 0 Å². The number of benzene rings is 2. The van der Waals surface area contributed by atoms with E-state index in [0.717, 1.165) is 11.1 Å². The van der Waals surface area contributed by atoms with Gasteiger partial charge in [-0.3, -0.25) is 4.58 Å². The summed E-state index contributed by atoms with van der Waals surface area (Å²) in [7, 11) is -2.29. The molecule has 1 aliphatic rings. The van der Waals surface area contributed by atoms with Crippen LogP contribution in [0.15, 0.2) is 60.7 Å². The van der Waals surface area contributed by atoms with Crippen LogP contribution in [0.25, 0.3) is 0 Å². The van der Waals surface area contributed by atoms with Crippen molar-refractivity contribution >= 4 is 8.32 Å². The summed E-state index contributed by atoms with van der Waals surface area (Å²) >= 11 is 0. The van der Waals surface area contributed by atoms with E-state index in [0.29, 0.717) is 13.2 Å². The molecule has 5 atom stereocenters. The van der Waals surface area contributed by atoms with Gasteiger partial charge in [0.2, 0.25) is 14.6 Å². The molecule has 0 aromatic heterocycles. The van der Waals surface area contributed by atoms with Crippen LogP contribution < -0.4 is 0 Å². The van der Waals surface area contributed by atoms with E-state index in [2.05, 4.69) is 39.8 Å². The molecule has 0 aliphatic carbocycles. The highest BCUT2D eigenvalue weighted by atomic mass is 28.4. The highest BCUT2D eigenvalue weighted by Gasteiger charge is 2.50. The Balaban J connectivity index is 1.90. The van der Waals surface area contributed by atoms with Gasteiger partial charge in [0.05, 0.1) is 19.8 Å². The lowest BCUT2D eigenvalue weighted by Gasteiger charge is -2.45. The average molecular weight is 529 g/mol. The van der Waals surface area contributed by atoms with E-state index < -0.39 is 39.0 Å². The van der Waals surface area contributed by atoms with Crippen molar-refractivity contribution in [2.24, 2.45) is 0 Å². The zero-order chi connectivity index (χ0) is 26.9. The molecule has 202 valence electrons. The van der Waals surface area contributed by atoms with Crippen LogP contribution in [0.2, 0.25) is 18.1 Å². The molecule has 2 aromatic rings. The Morgan fingerprint density at radius 1 is 0.865 bits per heavy atom. The van der Waals surface area contributed by atoms with Crippen LogP contribution in [0.5, 0.6) is 0 Å². The summed E-state index contributed by atoms with van der Waals surface area (Å²) < 4.78 is 31.0. The fraction of sp³-hybridized carbons (Fsp3) is 0.517. The molecular formula is C29H40O7Si. The van der Waals surface area contributed by atoms with Crippen LogP contribution in [-0.4, -0.2) is 57.3 Å². The third-order valence-corrected chi connectivity index (χ3v) is 11.0. The van der Waals surface area contributed by atoms with Gasteiger partial charge in [-0.15, -0.1) is 6.42 Å². The summed E-state index contributed by atoms with van der Waals surface area (Å²) in [6, 6.07) is 19.6. The first-order chi connectivity index (χ1) is 17.7. The van der Waals surface area contributed by atoms with Gasteiger partial charge >= 0.3 is 0 Å². The molecule has 0 bridgehead atoms. The maximum atomic E-state index is 10.2. The van der Waals surface area contributed by atoms with Gasteiger partial charge in [-0.2, -0.15) is 0 Å². The summed E-state index contributed by atoms with van der Waals surface area (Å²) in [4.78, 5) is 5.97. The minimum Gasteiger partial charge on any atom is -0.394 e. The monoisotopic (exact) mass is 528 g/mol. The first kappa shape index (κ1) is 29.5. The highest BCUT2D eigenvalue weighted by Crippen LogP contribution is 2.38. The summed E-state index contributed by atoms with van der Waals surface area (Å²) in [6.07, 6.45) is 1.72. The fourth-order valence-electron chi connectivity index (χ4n) is 3.64. The maximum Gasteiger partial charge on any atom is 0.238 e. The molecule has 0 saturated carbocycles. The Labute approximate surface area is 222 Å². The van der Waals surface area contributed by atoms with E-state index in [9.17, 15) is 5.11 Å². The second-order valence-electron chi connectivity index (χ2n) is 10.7. The molecule has 1 N–H and O–H groups in total. The predicted molar refractivity (Wildman–Crippen MR) is 144 cm³/mol. The second-order valence-corrected chi connectivity index (χ2v) is 15.4. The number of terminal acetylenes is 1. The summed E-state index contributed by atoms with van der Waals surface area (Å²) in [5, 5.41) is 10.1. The topological polar surface area (TPSA) is 75.6 Å². The number of hydrogen-bond donors (Lipinski definition) is 1. The second kappa shape index (κ2) is 13.6. The van der Waals surface area contributed by atoms with Crippen LogP contribution in [-0.2, 0) is 41.6 Å². The van der Waals surface area contributed by atoms with Crippen molar-refractivity contribution in [1.29, 1.82) is 0 Å². The minimum atomic E-state index is -2.29. The quantitative estimate of drug-likeness (QED) is 0.183. The Bertz CT molecular complexity index is 971. The molecule has 0 spiro atoms. The lowest BCUT2D eigenvalue weighted by atomic mass is 9.98. The van der Waals surface area contributed by atoms with Crippen LogP contribution >= 0.6 is 0 Å². The molecule has 3 unspecified atom stereocenters. The smallest absolute Gasteiger partial charge is 0.238 e. The summed E-state index contributed by atoms with van der Waals surface area (Å²) in [5.41, 5.74) is 1.97. The molecule has 8 heteroatoms. The minimum absolute atomic E-state index is 0.0348. The van der Waals surface area contributed by atoms with E-state index in [1.165, 1.54) is 0 Å². The SMILES string of the molecule is C#CCO[C@@H]1C(CO)O[C@H](OO[Si](C)(C)C(C)(C)C)C(OCc2ccccc2)C1OCc1ccccc1. The van der Waals surface area contributed by atoms with Gasteiger partial charge in [0.15, 0.2) is 0 Å². The molecule has 1 heterocycles. The first-order valence-electron chi connectivity index (χ1n) is 12.6. The van der Waals surface area contributed by atoms with Crippen molar-refractivity contribution in [2.75, 3.05) is 13.2 Å². The van der Waals surface area contributed by atoms with Crippen LogP contribution in [0.4, 0.5) is 0 Å². The van der Waals surface area contributed by atoms with E-state index in [1.807, 2.05) is 60.7 Å². The molecule has 3 rings (SSSR count). The van der Waals surface area contributed by atoms with Gasteiger partial charge in [0, 0.05) is 0 Å². The first-order valence-corrected chi connectivity index (χ1v) is 15.5. The Morgan fingerprint density at radius 2 is 1.41 bits per heavy atom. The predicted octanol–water partition coefficient (Wildman–Crippen LogP) is 4.85. The van der Waals surface area contributed by atoms with E-state index in [4.69, 9.17) is 34.8 Å². The molecule has 37 heavy (non-hydrogen) atoms. The largest absolute Gasteiger partial charge is 0.394 e. The van der Waals surface area contributed by atoms with Gasteiger partial charge in [-0.25, -0.2) is 4.89 Å². The van der Waals surface area contributed by atoms with Crippen LogP contribution in [0, 0.1) is 12.3 Å². The molecule has 7 nitrogen and oxygen atoms in total. The Hall–Kier alpha value is -2.06. The lowest BCUT2D eigenvalue weighted by molar-refractivity contribution is -0.403. The third kappa shape index (κ3) is 8.21. The zero-order valence-electron chi connectivity index (χ0n) is 22.5. The van der Waals surface area contributed by atoms with Crippen molar-refractivity contribution in [3.05, 3.63) is 71.8 Å². The molecule has 0 amide bonds. The number of rotatable bonds is 12. The van der Waals surface area contributed by atoms with E-state index in [-0.39, 0.29) is 18.3 Å². The van der Waals surface area contributed by atoms with Crippen LogP contribution in [0.3, 0.4) is 0 Å². The van der Waals surface area contributed by atoms with Crippen LogP contribution in [0.1, 0.15) is 31.9 Å². The normalized spacial score (nSPS) is 24.5. The van der Waals surface area contributed by atoms with Gasteiger partial charge < -0.3 is 24.1 Å². The average Bonchev–Trinajstić information content (AvgIpc) is 2.89. The van der Waals surface area contributed by atoms with Gasteiger partial charge in [-0.1, -0.05) is 87.4 Å². The standard InChI is InChI=1S/C29H40O7Si/c1-7-18-31-25-24(19-30)34-28(35-36-37(5,6)29(2,3)4)27(33-21-23-16-12-9-13-17-23)26(25)32-20-22-14-10-8-11-15-22/h1,8-17,24-28,30H,18-21H2,2-6H3/t24?,25-,26?,27?,28-/m1/s1. The number of hydrogen-bond acceptors (Lipinski definition) is 7. The van der Waals surface area contributed by atoms with Crippen molar-refractivity contribution in [2.45, 2.75) is 82.8 Å². The van der Waals surface area contributed by atoms with Crippen molar-refractivity contribution < 1.29 is 33.5 Å². The molecule has 1 fully saturated rings. The zero-order valence-corrected chi connectivity index (χ0v) is 23.5. The Morgan fingerprint density at radius 3 is 1.89 bits per heavy atom. The highest BCUT2D eigenvalue weighted by molar-refractivity contribution is 6.73. The molecule has 1 aliphatic heterocycles. The number of aliphatic hydroxyl groups is 1. The van der Waals surface area contributed by atoms with Crippen molar-refractivity contribution in [1.82, 2.24) is 0 Å². The lowest BCUT2D eigenvalue weighted by Crippen LogP contribution is -2.62. The van der Waals surface area contributed by atoms with E-state index >= 15 is 0 Å². The number of ether oxygens (including phenoxy) is 4. The number of aliphatic hydroxyl groups excluding tert-OH is 1. The third-order valence-electron chi connectivity index (χ3n) is 6.86. The maximum absolute atomic E-state index is 10.2. The molecule has 2 aromatic carbocycles. The summed E-state index contributed by atoms with van der Waals surface area (Å²) in [6.45, 7) is 10.9. The Kier molecular flexibility index (Phi) is 10.9. The van der Waals surface area contributed by atoms with E-state index in [1.54, 1.807) is 0 Å². The van der Waals surface area contributed by atoms with Gasteiger partial charge in [-0.05, 0) is 29.3 Å². The van der Waals surface area contributed by atoms with Gasteiger partial charge in [0.1, 0.15) is 31.0 Å². The molecular weight excluding hydrogens is 488 g/mol. The fourth-order valence-corrected chi connectivity index (χ4v) is 4.23.